The van der Waals surface area contributed by atoms with Crippen LogP contribution >= 0.6 is 0 Å². The van der Waals surface area contributed by atoms with E-state index in [1.165, 1.54) is 0 Å². The number of hydrogen-bond acceptors (Lipinski definition) is 4. The standard InChI is InChI=1S/C5H2F3N3O2/c6-5(7,8)3-2-4(11(12)10-3)13-1-9-2/h1,12H. The average molecular weight is 193 g/mol. The molecule has 0 fully saturated rings. The minimum Gasteiger partial charge on any atom is -0.423 e. The van der Waals surface area contributed by atoms with Crippen LogP contribution in [0.5, 0.6) is 0 Å². The molecule has 0 aromatic carbocycles. The van der Waals surface area contributed by atoms with Crippen molar-refractivity contribution >= 4 is 11.2 Å². The van der Waals surface area contributed by atoms with Gasteiger partial charge in [-0.1, -0.05) is 4.85 Å². The Morgan fingerprint density at radius 2 is 2.15 bits per heavy atom. The summed E-state index contributed by atoms with van der Waals surface area (Å²) in [4.78, 5) is 3.28. The molecule has 0 aliphatic carbocycles. The summed E-state index contributed by atoms with van der Waals surface area (Å²) in [6.07, 6.45) is -3.85. The van der Waals surface area contributed by atoms with E-state index in [4.69, 9.17) is 5.21 Å². The maximum Gasteiger partial charge on any atom is 0.437 e. The lowest BCUT2D eigenvalue weighted by atomic mass is 10.4. The highest BCUT2D eigenvalue weighted by molar-refractivity contribution is 5.71. The SMILES string of the molecule is On1nc(C(F)(F)F)c2ncoc21. The smallest absolute Gasteiger partial charge is 0.423 e. The number of oxazole rings is 1. The Kier molecular flexibility index (Phi) is 1.30. The summed E-state index contributed by atoms with van der Waals surface area (Å²) < 4.78 is 40.9. The topological polar surface area (TPSA) is 64.1 Å². The molecule has 2 aromatic heterocycles. The number of fused-ring (bicyclic) bond motifs is 1. The molecule has 0 unspecified atom stereocenters. The van der Waals surface area contributed by atoms with E-state index >= 15 is 0 Å². The van der Waals surface area contributed by atoms with Crippen LogP contribution in [0.3, 0.4) is 0 Å². The average Bonchev–Trinajstić information content (AvgIpc) is 2.51. The largest absolute Gasteiger partial charge is 0.437 e. The van der Waals surface area contributed by atoms with Crippen LogP contribution in [-0.2, 0) is 6.18 Å². The first-order valence-corrected chi connectivity index (χ1v) is 3.09. The van der Waals surface area contributed by atoms with Crippen molar-refractivity contribution in [1.82, 2.24) is 14.9 Å². The highest BCUT2D eigenvalue weighted by Crippen LogP contribution is 2.32. The third-order valence-corrected chi connectivity index (χ3v) is 1.42. The van der Waals surface area contributed by atoms with E-state index in [1.54, 1.807) is 0 Å². The van der Waals surface area contributed by atoms with Crippen molar-refractivity contribution < 1.29 is 22.8 Å². The monoisotopic (exact) mass is 193 g/mol. The van der Waals surface area contributed by atoms with E-state index in [0.717, 1.165) is 6.39 Å². The van der Waals surface area contributed by atoms with Crippen LogP contribution in [0.15, 0.2) is 10.8 Å². The minimum absolute atomic E-state index is 0.00512. The Balaban J connectivity index is 2.76. The van der Waals surface area contributed by atoms with Gasteiger partial charge in [-0.25, -0.2) is 4.98 Å². The van der Waals surface area contributed by atoms with Crippen LogP contribution in [0.4, 0.5) is 13.2 Å². The number of halogens is 3. The van der Waals surface area contributed by atoms with Gasteiger partial charge in [-0.3, -0.25) is 0 Å². The Bertz CT molecular complexity index is 443. The third-order valence-electron chi connectivity index (χ3n) is 1.42. The van der Waals surface area contributed by atoms with E-state index in [1.807, 2.05) is 0 Å². The van der Waals surface area contributed by atoms with E-state index in [0.29, 0.717) is 0 Å². The molecule has 8 heteroatoms. The Labute approximate surface area is 68.3 Å². The first-order chi connectivity index (χ1) is 6.00. The van der Waals surface area contributed by atoms with Crippen molar-refractivity contribution in [1.29, 1.82) is 0 Å². The van der Waals surface area contributed by atoms with Crippen LogP contribution in [-0.4, -0.2) is 20.1 Å². The van der Waals surface area contributed by atoms with E-state index in [9.17, 15) is 13.2 Å². The summed E-state index contributed by atoms with van der Waals surface area (Å²) in [5.41, 5.74) is -2.19. The number of alkyl halides is 3. The zero-order chi connectivity index (χ0) is 9.64. The number of hydrogen-bond donors (Lipinski definition) is 1. The molecule has 0 saturated heterocycles. The fraction of sp³-hybridized carbons (Fsp3) is 0.200. The van der Waals surface area contributed by atoms with Gasteiger partial charge in [0, 0.05) is 0 Å². The summed E-state index contributed by atoms with van der Waals surface area (Å²) in [5.74, 6) is 0. The molecule has 13 heavy (non-hydrogen) atoms. The highest BCUT2D eigenvalue weighted by atomic mass is 19.4. The zero-order valence-electron chi connectivity index (χ0n) is 5.91. The summed E-state index contributed by atoms with van der Waals surface area (Å²) in [5, 5.41) is 11.6. The van der Waals surface area contributed by atoms with Crippen LogP contribution < -0.4 is 0 Å². The quantitative estimate of drug-likeness (QED) is 0.640. The fourth-order valence-corrected chi connectivity index (χ4v) is 0.923. The number of aromatic nitrogens is 3. The van der Waals surface area contributed by atoms with Gasteiger partial charge < -0.3 is 9.62 Å². The molecule has 0 aliphatic rings. The minimum atomic E-state index is -4.65. The number of rotatable bonds is 0. The number of nitrogens with zero attached hydrogens (tertiary/aromatic N) is 3. The van der Waals surface area contributed by atoms with Crippen molar-refractivity contribution in [3.05, 3.63) is 12.1 Å². The third kappa shape index (κ3) is 1.02. The van der Waals surface area contributed by atoms with Gasteiger partial charge in [-0.2, -0.15) is 13.2 Å². The Hall–Kier alpha value is -1.73. The molecule has 0 amide bonds. The molecule has 2 heterocycles. The zero-order valence-corrected chi connectivity index (χ0v) is 5.91. The molecule has 5 nitrogen and oxygen atoms in total. The summed E-state index contributed by atoms with van der Waals surface area (Å²) in [6, 6.07) is 0. The van der Waals surface area contributed by atoms with Crippen molar-refractivity contribution in [3.8, 4) is 0 Å². The highest BCUT2D eigenvalue weighted by Gasteiger charge is 2.38. The van der Waals surface area contributed by atoms with Crippen LogP contribution in [0.2, 0.25) is 0 Å². The van der Waals surface area contributed by atoms with E-state index < -0.39 is 23.1 Å². The predicted octanol–water partition coefficient (Wildman–Crippen LogP) is 1.28. The van der Waals surface area contributed by atoms with Crippen LogP contribution in [0.1, 0.15) is 5.69 Å². The lowest BCUT2D eigenvalue weighted by Gasteiger charge is -1.98. The van der Waals surface area contributed by atoms with Gasteiger partial charge in [-0.05, 0) is 0 Å². The molecule has 2 rings (SSSR count). The summed E-state index contributed by atoms with van der Waals surface area (Å²) in [6.45, 7) is 0. The van der Waals surface area contributed by atoms with Crippen LogP contribution in [0, 0.1) is 0 Å². The summed E-state index contributed by atoms with van der Waals surface area (Å²) >= 11 is 0. The molecule has 0 aliphatic heterocycles. The molecule has 0 saturated carbocycles. The van der Waals surface area contributed by atoms with Gasteiger partial charge in [0.05, 0.1) is 0 Å². The fourth-order valence-electron chi connectivity index (χ4n) is 0.923. The van der Waals surface area contributed by atoms with Gasteiger partial charge in [0.25, 0.3) is 5.71 Å². The first-order valence-electron chi connectivity index (χ1n) is 3.09. The Morgan fingerprint density at radius 3 is 2.77 bits per heavy atom. The molecule has 70 valence electrons. The molecular weight excluding hydrogens is 191 g/mol. The van der Waals surface area contributed by atoms with Crippen LogP contribution in [0.25, 0.3) is 11.2 Å². The normalized spacial score (nSPS) is 12.5. The molecule has 1 N–H and O–H groups in total. The predicted molar refractivity (Wildman–Crippen MR) is 32.0 cm³/mol. The molecule has 0 radical (unpaired) electrons. The molecular formula is C5H2F3N3O2. The molecule has 2 aromatic rings. The summed E-state index contributed by atoms with van der Waals surface area (Å²) in [7, 11) is 0. The van der Waals surface area contributed by atoms with Gasteiger partial charge in [0.1, 0.15) is 0 Å². The molecule has 0 bridgehead atoms. The molecule has 0 spiro atoms. The van der Waals surface area contributed by atoms with E-state index in [-0.39, 0.29) is 4.85 Å². The molecule has 0 atom stereocenters. The first kappa shape index (κ1) is 7.90. The second-order valence-corrected chi connectivity index (χ2v) is 2.24. The maximum absolute atomic E-state index is 12.1. The van der Waals surface area contributed by atoms with Crippen molar-refractivity contribution in [2.45, 2.75) is 6.18 Å². The Morgan fingerprint density at radius 1 is 1.46 bits per heavy atom. The lowest BCUT2D eigenvalue weighted by molar-refractivity contribution is -0.141. The maximum atomic E-state index is 12.1. The lowest BCUT2D eigenvalue weighted by Crippen LogP contribution is -2.07. The second kappa shape index (κ2) is 2.15. The van der Waals surface area contributed by atoms with Gasteiger partial charge >= 0.3 is 6.18 Å². The van der Waals surface area contributed by atoms with Crippen molar-refractivity contribution in [2.24, 2.45) is 0 Å². The van der Waals surface area contributed by atoms with Gasteiger partial charge in [0.15, 0.2) is 17.6 Å². The van der Waals surface area contributed by atoms with Crippen molar-refractivity contribution in [3.63, 3.8) is 0 Å². The van der Waals surface area contributed by atoms with Gasteiger partial charge in [-0.15, -0.1) is 5.10 Å². The van der Waals surface area contributed by atoms with E-state index in [2.05, 4.69) is 14.5 Å². The second-order valence-electron chi connectivity index (χ2n) is 2.24. The van der Waals surface area contributed by atoms with Gasteiger partial charge in [0.2, 0.25) is 0 Å². The van der Waals surface area contributed by atoms with Crippen molar-refractivity contribution in [2.75, 3.05) is 0 Å².